The number of hydrogen-bond acceptors (Lipinski definition) is 4. The molecule has 21 heavy (non-hydrogen) atoms. The molecule has 2 rings (SSSR count). The van der Waals surface area contributed by atoms with Crippen molar-refractivity contribution < 1.29 is 8.42 Å². The Labute approximate surface area is 131 Å². The Morgan fingerprint density at radius 3 is 2.38 bits per heavy atom. The molecule has 1 aliphatic heterocycles. The van der Waals surface area contributed by atoms with Gasteiger partial charge < -0.3 is 10.6 Å². The van der Waals surface area contributed by atoms with Gasteiger partial charge in [0.15, 0.2) is 0 Å². The van der Waals surface area contributed by atoms with Gasteiger partial charge in [0.25, 0.3) is 0 Å². The molecule has 0 atom stereocenters. The van der Waals surface area contributed by atoms with Crippen molar-refractivity contribution in [2.75, 3.05) is 32.7 Å². The molecule has 0 saturated carbocycles. The van der Waals surface area contributed by atoms with Crippen LogP contribution in [0.3, 0.4) is 0 Å². The fourth-order valence-electron chi connectivity index (χ4n) is 2.52. The summed E-state index contributed by atoms with van der Waals surface area (Å²) in [5.74, 6) is 0. The second kappa shape index (κ2) is 6.39. The van der Waals surface area contributed by atoms with Crippen molar-refractivity contribution in [1.29, 1.82) is 0 Å². The predicted molar refractivity (Wildman–Crippen MR) is 87.9 cm³/mol. The van der Waals surface area contributed by atoms with Crippen molar-refractivity contribution in [2.45, 2.75) is 18.7 Å². The van der Waals surface area contributed by atoms with E-state index in [0.29, 0.717) is 29.1 Å². The standard InChI is InChI=1S/C14H21N3O2S2/c1-3-16-6-8-17(9-7-16)21(18,19)13-5-4-12(14(15)20)10-11(13)2/h4-5,10H,3,6-9H2,1-2H3,(H2,15,20). The molecular weight excluding hydrogens is 306 g/mol. The number of benzene rings is 1. The highest BCUT2D eigenvalue weighted by Gasteiger charge is 2.29. The van der Waals surface area contributed by atoms with E-state index in [-0.39, 0.29) is 4.99 Å². The zero-order valence-corrected chi connectivity index (χ0v) is 14.0. The predicted octanol–water partition coefficient (Wildman–Crippen LogP) is 0.955. The van der Waals surface area contributed by atoms with Crippen LogP contribution >= 0.6 is 12.2 Å². The zero-order valence-electron chi connectivity index (χ0n) is 12.4. The molecule has 1 aromatic carbocycles. The summed E-state index contributed by atoms with van der Waals surface area (Å²) in [6, 6.07) is 5.01. The smallest absolute Gasteiger partial charge is 0.243 e. The monoisotopic (exact) mass is 327 g/mol. The molecule has 0 unspecified atom stereocenters. The molecule has 0 bridgehead atoms. The van der Waals surface area contributed by atoms with Gasteiger partial charge in [-0.3, -0.25) is 0 Å². The molecule has 0 spiro atoms. The number of nitrogens with two attached hydrogens (primary N) is 1. The highest BCUT2D eigenvalue weighted by Crippen LogP contribution is 2.22. The van der Waals surface area contributed by atoms with Crippen molar-refractivity contribution in [1.82, 2.24) is 9.21 Å². The van der Waals surface area contributed by atoms with Crippen molar-refractivity contribution in [3.63, 3.8) is 0 Å². The molecular formula is C14H21N3O2S2. The van der Waals surface area contributed by atoms with Crippen molar-refractivity contribution in [2.24, 2.45) is 5.73 Å². The van der Waals surface area contributed by atoms with E-state index in [1.54, 1.807) is 29.4 Å². The molecule has 1 heterocycles. The molecule has 0 aliphatic carbocycles. The largest absolute Gasteiger partial charge is 0.389 e. The average Bonchev–Trinajstić information content (AvgIpc) is 2.46. The first kappa shape index (κ1) is 16.4. The zero-order chi connectivity index (χ0) is 15.6. The lowest BCUT2D eigenvalue weighted by Gasteiger charge is -2.33. The van der Waals surface area contributed by atoms with Crippen LogP contribution in [-0.2, 0) is 10.0 Å². The third kappa shape index (κ3) is 3.42. The third-order valence-corrected chi connectivity index (χ3v) is 6.15. The van der Waals surface area contributed by atoms with Gasteiger partial charge in [0.05, 0.1) is 4.90 Å². The number of piperazine rings is 1. The number of sulfonamides is 1. The first-order valence-corrected chi connectivity index (χ1v) is 8.84. The summed E-state index contributed by atoms with van der Waals surface area (Å²) in [6.07, 6.45) is 0. The molecule has 5 nitrogen and oxygen atoms in total. The van der Waals surface area contributed by atoms with E-state index in [1.165, 1.54) is 0 Å². The third-order valence-electron chi connectivity index (χ3n) is 3.86. The van der Waals surface area contributed by atoms with Crippen molar-refractivity contribution in [3.8, 4) is 0 Å². The van der Waals surface area contributed by atoms with Crippen LogP contribution in [0.25, 0.3) is 0 Å². The lowest BCUT2D eigenvalue weighted by molar-refractivity contribution is 0.196. The van der Waals surface area contributed by atoms with E-state index in [9.17, 15) is 8.42 Å². The maximum Gasteiger partial charge on any atom is 0.243 e. The van der Waals surface area contributed by atoms with E-state index in [2.05, 4.69) is 11.8 Å². The topological polar surface area (TPSA) is 66.6 Å². The molecule has 1 saturated heterocycles. The number of hydrogen-bond donors (Lipinski definition) is 1. The summed E-state index contributed by atoms with van der Waals surface area (Å²) >= 11 is 4.92. The second-order valence-corrected chi connectivity index (χ2v) is 7.53. The Morgan fingerprint density at radius 2 is 1.90 bits per heavy atom. The lowest BCUT2D eigenvalue weighted by atomic mass is 10.1. The van der Waals surface area contributed by atoms with Crippen molar-refractivity contribution >= 4 is 27.2 Å². The van der Waals surface area contributed by atoms with Gasteiger partial charge in [-0.1, -0.05) is 25.2 Å². The average molecular weight is 327 g/mol. The minimum absolute atomic E-state index is 0.276. The SMILES string of the molecule is CCN1CCN(S(=O)(=O)c2ccc(C(N)=S)cc2C)CC1. The molecule has 116 valence electrons. The molecule has 0 amide bonds. The molecule has 0 radical (unpaired) electrons. The summed E-state index contributed by atoms with van der Waals surface area (Å²) in [4.78, 5) is 2.86. The fraction of sp³-hybridized carbons (Fsp3) is 0.500. The molecule has 0 aromatic heterocycles. The Kier molecular flexibility index (Phi) is 4.98. The maximum atomic E-state index is 12.7. The number of nitrogens with zero attached hydrogens (tertiary/aromatic N) is 2. The fourth-order valence-corrected chi connectivity index (χ4v) is 4.27. The molecule has 1 aromatic rings. The summed E-state index contributed by atoms with van der Waals surface area (Å²) in [6.45, 7) is 7.44. The van der Waals surface area contributed by atoms with E-state index in [1.807, 2.05) is 0 Å². The molecule has 1 aliphatic rings. The van der Waals surface area contributed by atoms with Gasteiger partial charge in [-0.2, -0.15) is 4.31 Å². The molecule has 7 heteroatoms. The summed E-state index contributed by atoms with van der Waals surface area (Å²) in [5.41, 5.74) is 6.95. The lowest BCUT2D eigenvalue weighted by Crippen LogP contribution is -2.48. The number of aryl methyl sites for hydroxylation is 1. The number of likely N-dealkylation sites (N-methyl/N-ethyl adjacent to an activating group) is 1. The van der Waals surface area contributed by atoms with Gasteiger partial charge in [-0.15, -0.1) is 0 Å². The minimum Gasteiger partial charge on any atom is -0.389 e. The van der Waals surface area contributed by atoms with Crippen LogP contribution in [0, 0.1) is 6.92 Å². The van der Waals surface area contributed by atoms with Crippen LogP contribution in [0.4, 0.5) is 0 Å². The van der Waals surface area contributed by atoms with Gasteiger partial charge >= 0.3 is 0 Å². The van der Waals surface area contributed by atoms with Crippen LogP contribution in [0.5, 0.6) is 0 Å². The summed E-state index contributed by atoms with van der Waals surface area (Å²) < 4.78 is 27.0. The Bertz CT molecular complexity index is 636. The summed E-state index contributed by atoms with van der Waals surface area (Å²) in [7, 11) is -3.44. The highest BCUT2D eigenvalue weighted by molar-refractivity contribution is 7.89. The van der Waals surface area contributed by atoms with Gasteiger partial charge in [-0.05, 0) is 31.2 Å². The first-order valence-electron chi connectivity index (χ1n) is 6.99. The number of thiocarbonyl (C=S) groups is 1. The second-order valence-electron chi connectivity index (χ2n) is 5.18. The highest BCUT2D eigenvalue weighted by atomic mass is 32.2. The van der Waals surface area contributed by atoms with Crippen LogP contribution in [0.15, 0.2) is 23.1 Å². The first-order chi connectivity index (χ1) is 9.86. The van der Waals surface area contributed by atoms with Crippen molar-refractivity contribution in [3.05, 3.63) is 29.3 Å². The normalized spacial score (nSPS) is 17.8. The molecule has 1 fully saturated rings. The van der Waals surface area contributed by atoms with Crippen LogP contribution in [0.2, 0.25) is 0 Å². The van der Waals surface area contributed by atoms with Crippen LogP contribution < -0.4 is 5.73 Å². The van der Waals surface area contributed by atoms with Gasteiger partial charge in [0.1, 0.15) is 4.99 Å². The van der Waals surface area contributed by atoms with E-state index < -0.39 is 10.0 Å². The Balaban J connectivity index is 2.26. The Morgan fingerprint density at radius 1 is 1.29 bits per heavy atom. The van der Waals surface area contributed by atoms with E-state index in [0.717, 1.165) is 19.6 Å². The molecule has 2 N–H and O–H groups in total. The van der Waals surface area contributed by atoms with Crippen LogP contribution in [-0.4, -0.2) is 55.3 Å². The Hall–Kier alpha value is -1.02. The van der Waals surface area contributed by atoms with Gasteiger partial charge in [0.2, 0.25) is 10.0 Å². The van der Waals surface area contributed by atoms with Crippen LogP contribution in [0.1, 0.15) is 18.1 Å². The minimum atomic E-state index is -3.44. The maximum absolute atomic E-state index is 12.7. The summed E-state index contributed by atoms with van der Waals surface area (Å²) in [5, 5.41) is 0. The van der Waals surface area contributed by atoms with Gasteiger partial charge in [-0.25, -0.2) is 8.42 Å². The van der Waals surface area contributed by atoms with Gasteiger partial charge in [0, 0.05) is 31.7 Å². The number of rotatable bonds is 4. The van der Waals surface area contributed by atoms with E-state index >= 15 is 0 Å². The quantitative estimate of drug-likeness (QED) is 0.834. The van der Waals surface area contributed by atoms with E-state index in [4.69, 9.17) is 18.0 Å².